The van der Waals surface area contributed by atoms with Crippen LogP contribution in [0.4, 0.5) is 0 Å². The fourth-order valence-corrected chi connectivity index (χ4v) is 12.6. The number of hydrogen-bond donors (Lipinski definition) is 7. The van der Waals surface area contributed by atoms with Crippen molar-refractivity contribution in [2.75, 3.05) is 42.8 Å². The third kappa shape index (κ3) is 25.8. The summed E-state index contributed by atoms with van der Waals surface area (Å²) in [4.78, 5) is 0. The summed E-state index contributed by atoms with van der Waals surface area (Å²) in [6.07, 6.45) is 15.1. The average molecular weight is 975 g/mol. The maximum atomic E-state index is 13.5. The van der Waals surface area contributed by atoms with Gasteiger partial charge in [0, 0.05) is 5.92 Å². The van der Waals surface area contributed by atoms with Gasteiger partial charge in [-0.1, -0.05) is 181 Å². The normalized spacial score (nSPS) is 26.6. The van der Waals surface area contributed by atoms with Crippen molar-refractivity contribution in [3.05, 3.63) is 0 Å². The zero-order valence-corrected chi connectivity index (χ0v) is 41.9. The zero-order valence-electron chi connectivity index (χ0n) is 40.3. The Morgan fingerprint density at radius 2 is 0.769 bits per heavy atom. The predicted molar refractivity (Wildman–Crippen MR) is 254 cm³/mol. The van der Waals surface area contributed by atoms with E-state index >= 15 is 0 Å². The van der Waals surface area contributed by atoms with Gasteiger partial charge in [-0.3, -0.25) is 0 Å². The highest BCUT2D eigenvalue weighted by Crippen LogP contribution is 2.30. The van der Waals surface area contributed by atoms with Gasteiger partial charge in [0.25, 0.3) is 0 Å². The van der Waals surface area contributed by atoms with E-state index in [2.05, 4.69) is 13.8 Å². The average Bonchev–Trinajstić information content (AvgIpc) is 3.27. The van der Waals surface area contributed by atoms with Crippen LogP contribution in [0.5, 0.6) is 0 Å². The maximum absolute atomic E-state index is 13.5. The van der Waals surface area contributed by atoms with Gasteiger partial charge >= 0.3 is 0 Å². The summed E-state index contributed by atoms with van der Waals surface area (Å²) < 4.78 is 76.3. The van der Waals surface area contributed by atoms with Gasteiger partial charge in [-0.25, -0.2) is 16.8 Å². The van der Waals surface area contributed by atoms with Crippen LogP contribution >= 0.6 is 0 Å². The molecule has 2 aliphatic heterocycles. The molecule has 2 aliphatic rings. The van der Waals surface area contributed by atoms with Crippen molar-refractivity contribution in [1.29, 1.82) is 0 Å². The topological polar surface area (TPSA) is 247 Å². The number of aliphatic hydroxyl groups excluding tert-OH is 7. The van der Waals surface area contributed by atoms with Gasteiger partial charge < -0.3 is 54.7 Å². The van der Waals surface area contributed by atoms with Crippen molar-refractivity contribution in [3.63, 3.8) is 0 Å². The monoisotopic (exact) mass is 975 g/mol. The molecule has 2 rings (SSSR count). The number of ether oxygens (including phenoxy) is 4. The van der Waals surface area contributed by atoms with E-state index in [-0.39, 0.29) is 11.5 Å². The largest absolute Gasteiger partial charge is 0.394 e. The molecule has 388 valence electrons. The van der Waals surface area contributed by atoms with E-state index in [1.54, 1.807) is 0 Å². The molecule has 0 spiro atoms. The SMILES string of the molecule is CCCCCCCCCCCCCCCCS(=O)(=O)CC(CO[C@@H]1O[C@H](CO)[C@@H](O[C@@H]2O[C@H](CO)[C@H](O)[C@H](O)[C@H]2O)[C@H](O)[C@H]1O)CS(=O)(=O)CCCCCCCCCCCCCCCC. The van der Waals surface area contributed by atoms with Gasteiger partial charge in [0.05, 0.1) is 42.8 Å². The number of aliphatic hydroxyl groups is 7. The van der Waals surface area contributed by atoms with Crippen LogP contribution in [0.1, 0.15) is 194 Å². The number of hydrogen-bond acceptors (Lipinski definition) is 15. The Morgan fingerprint density at radius 3 is 1.14 bits per heavy atom. The highest BCUT2D eigenvalue weighted by molar-refractivity contribution is 7.92. The Labute approximate surface area is 393 Å². The minimum absolute atomic E-state index is 0.0919. The minimum Gasteiger partial charge on any atom is -0.394 e. The lowest BCUT2D eigenvalue weighted by Gasteiger charge is -2.46. The summed E-state index contributed by atoms with van der Waals surface area (Å²) in [5.41, 5.74) is 0. The molecule has 2 fully saturated rings. The first-order valence-electron chi connectivity index (χ1n) is 25.8. The highest BCUT2D eigenvalue weighted by Gasteiger charge is 2.51. The maximum Gasteiger partial charge on any atom is 0.187 e. The lowest BCUT2D eigenvalue weighted by Crippen LogP contribution is -2.64. The Balaban J connectivity index is 1.92. The first-order chi connectivity index (χ1) is 31.2. The third-order valence-electron chi connectivity index (χ3n) is 13.1. The van der Waals surface area contributed by atoms with E-state index in [0.717, 1.165) is 51.4 Å². The number of unbranched alkanes of at least 4 members (excludes halogenated alkanes) is 26. The Bertz CT molecular complexity index is 1300. The number of sulfone groups is 2. The van der Waals surface area contributed by atoms with Gasteiger partial charge in [-0.15, -0.1) is 0 Å². The van der Waals surface area contributed by atoms with Crippen LogP contribution in [0.15, 0.2) is 0 Å². The number of rotatable bonds is 41. The molecule has 15 nitrogen and oxygen atoms in total. The lowest BCUT2D eigenvalue weighted by molar-refractivity contribution is -0.359. The Hall–Kier alpha value is -0.540. The predicted octanol–water partition coefficient (Wildman–Crippen LogP) is 6.04. The zero-order chi connectivity index (χ0) is 47.9. The van der Waals surface area contributed by atoms with E-state index in [1.165, 1.54) is 116 Å². The first kappa shape index (κ1) is 60.6. The summed E-state index contributed by atoms with van der Waals surface area (Å²) in [6, 6.07) is 0. The Morgan fingerprint density at radius 1 is 0.431 bits per heavy atom. The van der Waals surface area contributed by atoms with Crippen molar-refractivity contribution in [2.45, 2.75) is 255 Å². The molecule has 7 N–H and O–H groups in total. The molecular weight excluding hydrogens is 881 g/mol. The fraction of sp³-hybridized carbons (Fsp3) is 1.00. The molecule has 0 aromatic carbocycles. The summed E-state index contributed by atoms with van der Waals surface area (Å²) in [5.74, 6) is -2.11. The molecule has 0 aromatic heterocycles. The van der Waals surface area contributed by atoms with Gasteiger partial charge in [-0.05, 0) is 12.8 Å². The fourth-order valence-electron chi connectivity index (χ4n) is 8.99. The molecular formula is C48H94O15S2. The Kier molecular flexibility index (Phi) is 33.1. The summed E-state index contributed by atoms with van der Waals surface area (Å²) in [7, 11) is -7.42. The van der Waals surface area contributed by atoms with Gasteiger partial charge in [0.2, 0.25) is 0 Å². The molecule has 2 heterocycles. The van der Waals surface area contributed by atoms with Crippen LogP contribution in [-0.2, 0) is 38.6 Å². The van der Waals surface area contributed by atoms with Crippen LogP contribution in [0.2, 0.25) is 0 Å². The van der Waals surface area contributed by atoms with E-state index in [4.69, 9.17) is 18.9 Å². The van der Waals surface area contributed by atoms with E-state index < -0.39 is 118 Å². The van der Waals surface area contributed by atoms with Gasteiger partial charge in [0.15, 0.2) is 32.3 Å². The lowest BCUT2D eigenvalue weighted by atomic mass is 9.97. The smallest absolute Gasteiger partial charge is 0.187 e. The van der Waals surface area contributed by atoms with E-state index in [1.807, 2.05) is 0 Å². The molecule has 0 aliphatic carbocycles. The van der Waals surface area contributed by atoms with Crippen LogP contribution in [0, 0.1) is 5.92 Å². The summed E-state index contributed by atoms with van der Waals surface area (Å²) >= 11 is 0. The molecule has 17 heteroatoms. The van der Waals surface area contributed by atoms with E-state index in [9.17, 15) is 52.6 Å². The molecule has 0 bridgehead atoms. The molecule has 0 aromatic rings. The molecule has 0 radical (unpaired) electrons. The minimum atomic E-state index is -3.71. The quantitative estimate of drug-likeness (QED) is 0.0346. The standard InChI is InChI=1S/C48H94O15S2/c1-3-5-7-9-11-13-15-17-19-21-23-25-27-29-31-64(56,57)36-38(37-65(58,59)32-30-28-26-24-22-20-18-16-14-12-10-8-6-4-2)35-60-47-45(55)43(53)46(40(34-50)62-47)63-48-44(54)42(52)41(51)39(33-49)61-48/h38-55H,3-37H2,1-2H3/t39-,40-,41+,42+,43-,44-,45-,46-,47-,48+/m1/s1. The molecule has 0 amide bonds. The van der Waals surface area contributed by atoms with Crippen LogP contribution in [0.3, 0.4) is 0 Å². The molecule has 0 unspecified atom stereocenters. The van der Waals surface area contributed by atoms with Crippen molar-refractivity contribution < 1.29 is 71.5 Å². The van der Waals surface area contributed by atoms with Crippen molar-refractivity contribution in [3.8, 4) is 0 Å². The van der Waals surface area contributed by atoms with Gasteiger partial charge in [0.1, 0.15) is 48.8 Å². The van der Waals surface area contributed by atoms with Crippen LogP contribution < -0.4 is 0 Å². The van der Waals surface area contributed by atoms with E-state index in [0.29, 0.717) is 12.8 Å². The van der Waals surface area contributed by atoms with Gasteiger partial charge in [-0.2, -0.15) is 0 Å². The molecule has 10 atom stereocenters. The second kappa shape index (κ2) is 35.5. The third-order valence-corrected chi connectivity index (χ3v) is 16.8. The van der Waals surface area contributed by atoms with Crippen LogP contribution in [-0.4, -0.2) is 157 Å². The summed E-state index contributed by atoms with van der Waals surface area (Å²) in [6.45, 7) is 2.49. The first-order valence-corrected chi connectivity index (χ1v) is 29.4. The molecule has 0 saturated carbocycles. The molecule has 2 saturated heterocycles. The summed E-state index contributed by atoms with van der Waals surface area (Å²) in [5, 5.41) is 72.6. The van der Waals surface area contributed by atoms with Crippen molar-refractivity contribution in [1.82, 2.24) is 0 Å². The highest BCUT2D eigenvalue weighted by atomic mass is 32.2. The van der Waals surface area contributed by atoms with Crippen molar-refractivity contribution >= 4 is 19.7 Å². The van der Waals surface area contributed by atoms with Crippen molar-refractivity contribution in [2.24, 2.45) is 5.92 Å². The molecule has 65 heavy (non-hydrogen) atoms. The second-order valence-corrected chi connectivity index (χ2v) is 23.6. The van der Waals surface area contributed by atoms with Crippen LogP contribution in [0.25, 0.3) is 0 Å². The second-order valence-electron chi connectivity index (χ2n) is 19.1.